The summed E-state index contributed by atoms with van der Waals surface area (Å²) in [7, 11) is 0. The van der Waals surface area contributed by atoms with E-state index < -0.39 is 0 Å². The van der Waals surface area contributed by atoms with Crippen LogP contribution in [0, 0.1) is 0 Å². The lowest BCUT2D eigenvalue weighted by molar-refractivity contribution is 0.0913. The fraction of sp³-hybridized carbons (Fsp3) is 0.321. The Balaban J connectivity index is 1.35. The standard InChI is InChI=1S/C28H31ClN2O/c1-28(2,19-21-5-7-22(8-6-21)20-31-17-3-4-18-31)30-27(32)25-11-9-23(10-12-25)24-13-15-26(29)16-14-24/h5-16H,3-4,17-20H2,1-2H3,(H,30,32). The van der Waals surface area contributed by atoms with Crippen LogP contribution < -0.4 is 5.32 Å². The minimum Gasteiger partial charge on any atom is -0.347 e. The Morgan fingerprint density at radius 1 is 0.844 bits per heavy atom. The molecule has 0 bridgehead atoms. The Morgan fingerprint density at radius 3 is 1.97 bits per heavy atom. The first-order valence-electron chi connectivity index (χ1n) is 11.4. The second-order valence-electron chi connectivity index (χ2n) is 9.40. The SMILES string of the molecule is CC(C)(Cc1ccc(CN2CCCC2)cc1)NC(=O)c1ccc(-c2ccc(Cl)cc2)cc1. The van der Waals surface area contributed by atoms with Gasteiger partial charge in [-0.05, 0) is 92.7 Å². The summed E-state index contributed by atoms with van der Waals surface area (Å²) in [6.07, 6.45) is 3.41. The van der Waals surface area contributed by atoms with Crippen LogP contribution in [0.5, 0.6) is 0 Å². The van der Waals surface area contributed by atoms with Gasteiger partial charge < -0.3 is 5.32 Å². The number of nitrogens with one attached hydrogen (secondary N) is 1. The zero-order valence-corrected chi connectivity index (χ0v) is 19.7. The maximum atomic E-state index is 12.9. The highest BCUT2D eigenvalue weighted by Crippen LogP contribution is 2.22. The molecule has 3 aromatic carbocycles. The van der Waals surface area contributed by atoms with Gasteiger partial charge in [-0.25, -0.2) is 0 Å². The molecule has 32 heavy (non-hydrogen) atoms. The average molecular weight is 447 g/mol. The van der Waals surface area contributed by atoms with E-state index >= 15 is 0 Å². The molecule has 3 aromatic rings. The number of carbonyl (C=O) groups is 1. The normalized spacial score (nSPS) is 14.5. The summed E-state index contributed by atoms with van der Waals surface area (Å²) >= 11 is 5.97. The molecule has 4 heteroatoms. The van der Waals surface area contributed by atoms with Crippen molar-refractivity contribution in [1.29, 1.82) is 0 Å². The lowest BCUT2D eigenvalue weighted by atomic mass is 9.93. The third kappa shape index (κ3) is 5.99. The van der Waals surface area contributed by atoms with Gasteiger partial charge in [-0.1, -0.05) is 60.1 Å². The maximum absolute atomic E-state index is 12.9. The number of benzene rings is 3. The molecule has 1 N–H and O–H groups in total. The van der Waals surface area contributed by atoms with Gasteiger partial charge in [0, 0.05) is 22.7 Å². The fourth-order valence-corrected chi connectivity index (χ4v) is 4.48. The van der Waals surface area contributed by atoms with Crippen LogP contribution >= 0.6 is 11.6 Å². The summed E-state index contributed by atoms with van der Waals surface area (Å²) in [5, 5.41) is 3.91. The average Bonchev–Trinajstić information content (AvgIpc) is 3.28. The monoisotopic (exact) mass is 446 g/mol. The van der Waals surface area contributed by atoms with Crippen molar-refractivity contribution in [2.45, 2.75) is 45.2 Å². The molecule has 0 saturated carbocycles. The van der Waals surface area contributed by atoms with Gasteiger partial charge in [-0.3, -0.25) is 9.69 Å². The van der Waals surface area contributed by atoms with Crippen molar-refractivity contribution >= 4 is 17.5 Å². The molecular formula is C28H31ClN2O. The number of hydrogen-bond acceptors (Lipinski definition) is 2. The molecule has 1 amide bonds. The minimum absolute atomic E-state index is 0.0525. The van der Waals surface area contributed by atoms with Crippen LogP contribution in [0.3, 0.4) is 0 Å². The summed E-state index contributed by atoms with van der Waals surface area (Å²) in [5.41, 5.74) is 5.05. The zero-order valence-electron chi connectivity index (χ0n) is 18.9. The zero-order chi connectivity index (χ0) is 22.6. The fourth-order valence-electron chi connectivity index (χ4n) is 4.35. The topological polar surface area (TPSA) is 32.3 Å². The first kappa shape index (κ1) is 22.6. The number of nitrogens with zero attached hydrogens (tertiary/aromatic N) is 1. The summed E-state index contributed by atoms with van der Waals surface area (Å²) in [5.74, 6) is -0.0525. The van der Waals surface area contributed by atoms with Crippen LogP contribution in [0.2, 0.25) is 5.02 Å². The van der Waals surface area contributed by atoms with Gasteiger partial charge in [0.05, 0.1) is 0 Å². The van der Waals surface area contributed by atoms with Crippen LogP contribution in [0.15, 0.2) is 72.8 Å². The van der Waals surface area contributed by atoms with E-state index in [4.69, 9.17) is 11.6 Å². The van der Waals surface area contributed by atoms with E-state index in [2.05, 4.69) is 48.3 Å². The number of rotatable bonds is 7. The minimum atomic E-state index is -0.345. The van der Waals surface area contributed by atoms with Gasteiger partial charge in [0.25, 0.3) is 5.91 Å². The molecule has 0 radical (unpaired) electrons. The van der Waals surface area contributed by atoms with Gasteiger partial charge in [-0.15, -0.1) is 0 Å². The third-order valence-electron chi connectivity index (χ3n) is 6.05. The number of amides is 1. The second-order valence-corrected chi connectivity index (χ2v) is 9.84. The molecule has 0 atom stereocenters. The molecule has 3 nitrogen and oxygen atoms in total. The molecule has 1 saturated heterocycles. The highest BCUT2D eigenvalue weighted by atomic mass is 35.5. The Labute approximate surface area is 196 Å². The Kier molecular flexibility index (Phi) is 6.98. The van der Waals surface area contributed by atoms with Crippen LogP contribution in [0.4, 0.5) is 0 Å². The van der Waals surface area contributed by atoms with Crippen molar-refractivity contribution in [3.63, 3.8) is 0 Å². The van der Waals surface area contributed by atoms with Gasteiger partial charge in [0.1, 0.15) is 0 Å². The van der Waals surface area contributed by atoms with Crippen LogP contribution in [0.1, 0.15) is 48.2 Å². The van der Waals surface area contributed by atoms with E-state index in [0.29, 0.717) is 10.6 Å². The van der Waals surface area contributed by atoms with E-state index in [-0.39, 0.29) is 11.4 Å². The number of likely N-dealkylation sites (tertiary alicyclic amines) is 1. The molecular weight excluding hydrogens is 416 g/mol. The molecule has 1 aliphatic heterocycles. The van der Waals surface area contributed by atoms with Crippen molar-refractivity contribution in [2.24, 2.45) is 0 Å². The van der Waals surface area contributed by atoms with Crippen molar-refractivity contribution in [3.05, 3.63) is 94.5 Å². The summed E-state index contributed by atoms with van der Waals surface area (Å²) < 4.78 is 0. The largest absolute Gasteiger partial charge is 0.347 e. The third-order valence-corrected chi connectivity index (χ3v) is 6.30. The number of hydrogen-bond donors (Lipinski definition) is 1. The summed E-state index contributed by atoms with van der Waals surface area (Å²) in [4.78, 5) is 15.4. The summed E-state index contributed by atoms with van der Waals surface area (Å²) in [6, 6.07) is 24.3. The van der Waals surface area contributed by atoms with E-state index in [1.54, 1.807) is 0 Å². The van der Waals surface area contributed by atoms with E-state index in [0.717, 1.165) is 24.1 Å². The molecule has 166 valence electrons. The smallest absolute Gasteiger partial charge is 0.251 e. The Bertz CT molecular complexity index is 1030. The molecule has 0 aromatic heterocycles. The lowest BCUT2D eigenvalue weighted by Crippen LogP contribution is -2.45. The highest BCUT2D eigenvalue weighted by molar-refractivity contribution is 6.30. The molecule has 4 rings (SSSR count). The number of halogens is 1. The van der Waals surface area contributed by atoms with Crippen LogP contribution in [0.25, 0.3) is 11.1 Å². The molecule has 0 unspecified atom stereocenters. The lowest BCUT2D eigenvalue weighted by Gasteiger charge is -2.27. The molecule has 1 fully saturated rings. The maximum Gasteiger partial charge on any atom is 0.251 e. The summed E-state index contributed by atoms with van der Waals surface area (Å²) in [6.45, 7) is 7.60. The van der Waals surface area contributed by atoms with Crippen molar-refractivity contribution in [1.82, 2.24) is 10.2 Å². The quantitative estimate of drug-likeness (QED) is 0.458. The second kappa shape index (κ2) is 9.89. The van der Waals surface area contributed by atoms with Gasteiger partial charge in [0.2, 0.25) is 0 Å². The molecule has 0 aliphatic carbocycles. The van der Waals surface area contributed by atoms with Crippen LogP contribution in [-0.4, -0.2) is 29.4 Å². The first-order chi connectivity index (χ1) is 15.4. The molecule has 1 heterocycles. The Morgan fingerprint density at radius 2 is 1.38 bits per heavy atom. The van der Waals surface area contributed by atoms with Crippen molar-refractivity contribution in [3.8, 4) is 11.1 Å². The first-order valence-corrected chi connectivity index (χ1v) is 11.7. The van der Waals surface area contributed by atoms with Crippen molar-refractivity contribution in [2.75, 3.05) is 13.1 Å². The van der Waals surface area contributed by atoms with E-state index in [1.807, 2.05) is 48.5 Å². The van der Waals surface area contributed by atoms with Gasteiger partial charge in [0.15, 0.2) is 0 Å². The van der Waals surface area contributed by atoms with E-state index in [1.165, 1.54) is 37.1 Å². The van der Waals surface area contributed by atoms with E-state index in [9.17, 15) is 4.79 Å². The Hall–Kier alpha value is -2.62. The van der Waals surface area contributed by atoms with Gasteiger partial charge in [-0.2, -0.15) is 0 Å². The van der Waals surface area contributed by atoms with Crippen molar-refractivity contribution < 1.29 is 4.79 Å². The number of carbonyl (C=O) groups excluding carboxylic acids is 1. The highest BCUT2D eigenvalue weighted by Gasteiger charge is 2.22. The molecule has 1 aliphatic rings. The van der Waals surface area contributed by atoms with Crippen LogP contribution in [-0.2, 0) is 13.0 Å². The molecule has 0 spiro atoms. The predicted molar refractivity (Wildman–Crippen MR) is 133 cm³/mol. The predicted octanol–water partition coefficient (Wildman–Crippen LogP) is 6.35. The van der Waals surface area contributed by atoms with Gasteiger partial charge >= 0.3 is 0 Å².